The van der Waals surface area contributed by atoms with E-state index < -0.39 is 5.97 Å². The Bertz CT molecular complexity index is 746. The van der Waals surface area contributed by atoms with Crippen LogP contribution in [-0.4, -0.2) is 19.0 Å². The summed E-state index contributed by atoms with van der Waals surface area (Å²) in [6.07, 6.45) is 3.08. The lowest BCUT2D eigenvalue weighted by atomic mass is 10.1. The van der Waals surface area contributed by atoms with Crippen LogP contribution in [0.2, 0.25) is 0 Å². The minimum atomic E-state index is -0.390. The monoisotopic (exact) mass is 307 g/mol. The van der Waals surface area contributed by atoms with Crippen LogP contribution in [0.3, 0.4) is 0 Å². The Morgan fingerprint density at radius 3 is 2.48 bits per heavy atom. The average Bonchev–Trinajstić information content (AvgIpc) is 2.94. The summed E-state index contributed by atoms with van der Waals surface area (Å²) in [5.41, 5.74) is 2.42. The average molecular weight is 307 g/mol. The molecule has 0 radical (unpaired) electrons. The van der Waals surface area contributed by atoms with Crippen molar-refractivity contribution in [1.29, 1.82) is 0 Å². The number of hydrogen-bond acceptors (Lipinski definition) is 4. The SMILES string of the molecule is COc1ccc(CCC2=N/C(=C/c3ccccc3)C(=O)O2)cc1. The molecule has 0 atom stereocenters. The molecule has 1 aliphatic heterocycles. The molecule has 0 spiro atoms. The third-order valence-electron chi connectivity index (χ3n) is 3.55. The molecule has 1 aliphatic rings. The van der Waals surface area contributed by atoms with Gasteiger partial charge in [-0.2, -0.15) is 0 Å². The van der Waals surface area contributed by atoms with Crippen molar-refractivity contribution in [3.8, 4) is 5.75 Å². The first kappa shape index (κ1) is 15.0. The number of nitrogens with zero attached hydrogens (tertiary/aromatic N) is 1. The second-order valence-corrected chi connectivity index (χ2v) is 5.18. The maximum Gasteiger partial charge on any atom is 0.363 e. The molecular weight excluding hydrogens is 290 g/mol. The minimum Gasteiger partial charge on any atom is -0.497 e. The molecule has 116 valence electrons. The zero-order valence-electron chi connectivity index (χ0n) is 12.9. The first-order valence-electron chi connectivity index (χ1n) is 7.44. The molecule has 0 aliphatic carbocycles. The van der Waals surface area contributed by atoms with Crippen LogP contribution in [0.1, 0.15) is 17.5 Å². The number of rotatable bonds is 5. The number of carbonyl (C=O) groups excluding carboxylic acids is 1. The fourth-order valence-electron chi connectivity index (χ4n) is 2.31. The van der Waals surface area contributed by atoms with Gasteiger partial charge in [-0.05, 0) is 35.8 Å². The van der Waals surface area contributed by atoms with Crippen molar-refractivity contribution in [2.24, 2.45) is 4.99 Å². The van der Waals surface area contributed by atoms with Gasteiger partial charge in [0.2, 0.25) is 0 Å². The van der Waals surface area contributed by atoms with Crippen LogP contribution in [0.4, 0.5) is 0 Å². The quantitative estimate of drug-likeness (QED) is 0.626. The Morgan fingerprint density at radius 2 is 1.78 bits per heavy atom. The molecule has 0 bridgehead atoms. The lowest BCUT2D eigenvalue weighted by molar-refractivity contribution is -0.130. The van der Waals surface area contributed by atoms with Gasteiger partial charge >= 0.3 is 5.97 Å². The zero-order valence-corrected chi connectivity index (χ0v) is 12.9. The third-order valence-corrected chi connectivity index (χ3v) is 3.55. The maximum absolute atomic E-state index is 11.9. The summed E-state index contributed by atoms with van der Waals surface area (Å²) in [5, 5.41) is 0. The lowest BCUT2D eigenvalue weighted by Gasteiger charge is -2.03. The molecule has 0 saturated heterocycles. The second-order valence-electron chi connectivity index (χ2n) is 5.18. The van der Waals surface area contributed by atoms with E-state index in [9.17, 15) is 4.79 Å². The van der Waals surface area contributed by atoms with E-state index in [1.807, 2.05) is 54.6 Å². The number of aliphatic imine (C=N–C) groups is 1. The van der Waals surface area contributed by atoms with Crippen LogP contribution in [0, 0.1) is 0 Å². The summed E-state index contributed by atoms with van der Waals surface area (Å²) >= 11 is 0. The molecule has 2 aromatic rings. The zero-order chi connectivity index (χ0) is 16.1. The molecule has 4 heteroatoms. The maximum atomic E-state index is 11.9. The largest absolute Gasteiger partial charge is 0.497 e. The Morgan fingerprint density at radius 1 is 1.04 bits per heavy atom. The van der Waals surface area contributed by atoms with E-state index in [1.165, 1.54) is 0 Å². The van der Waals surface area contributed by atoms with E-state index in [2.05, 4.69) is 4.99 Å². The summed E-state index contributed by atoms with van der Waals surface area (Å²) < 4.78 is 10.4. The van der Waals surface area contributed by atoms with Crippen molar-refractivity contribution in [2.75, 3.05) is 7.11 Å². The van der Waals surface area contributed by atoms with E-state index in [0.29, 0.717) is 18.0 Å². The van der Waals surface area contributed by atoms with Crippen molar-refractivity contribution < 1.29 is 14.3 Å². The first-order chi connectivity index (χ1) is 11.2. The molecule has 0 amide bonds. The molecule has 0 N–H and O–H groups in total. The second kappa shape index (κ2) is 6.92. The van der Waals surface area contributed by atoms with Gasteiger partial charge in [0.05, 0.1) is 7.11 Å². The van der Waals surface area contributed by atoms with Crippen LogP contribution in [0.5, 0.6) is 5.75 Å². The molecule has 23 heavy (non-hydrogen) atoms. The molecule has 0 fully saturated rings. The summed E-state index contributed by atoms with van der Waals surface area (Å²) in [6, 6.07) is 17.4. The summed E-state index contributed by atoms with van der Waals surface area (Å²) in [6.45, 7) is 0. The standard InChI is InChI=1S/C19H17NO3/c1-22-16-10-7-14(8-11-16)9-12-18-20-17(19(21)23-18)13-15-5-3-2-4-6-15/h2-8,10-11,13H,9,12H2,1H3/b17-13+. The molecule has 0 saturated carbocycles. The van der Waals surface area contributed by atoms with Crippen LogP contribution >= 0.6 is 0 Å². The van der Waals surface area contributed by atoms with Gasteiger partial charge in [0.1, 0.15) is 5.75 Å². The number of carbonyl (C=O) groups is 1. The number of esters is 1. The van der Waals surface area contributed by atoms with Crippen LogP contribution in [-0.2, 0) is 16.0 Å². The summed E-state index contributed by atoms with van der Waals surface area (Å²) in [5.74, 6) is 0.901. The van der Waals surface area contributed by atoms with E-state index in [1.54, 1.807) is 13.2 Å². The van der Waals surface area contributed by atoms with Crippen LogP contribution in [0.15, 0.2) is 65.3 Å². The van der Waals surface area contributed by atoms with Crippen molar-refractivity contribution >= 4 is 17.9 Å². The molecule has 2 aromatic carbocycles. The van der Waals surface area contributed by atoms with E-state index in [0.717, 1.165) is 23.3 Å². The molecule has 1 heterocycles. The number of methoxy groups -OCH3 is 1. The minimum absolute atomic E-state index is 0.348. The van der Waals surface area contributed by atoms with Gasteiger partial charge in [-0.1, -0.05) is 42.5 Å². The molecule has 0 unspecified atom stereocenters. The van der Waals surface area contributed by atoms with E-state index in [4.69, 9.17) is 9.47 Å². The number of ether oxygens (including phenoxy) is 2. The predicted molar refractivity (Wildman–Crippen MR) is 89.3 cm³/mol. The normalized spacial score (nSPS) is 15.4. The van der Waals surface area contributed by atoms with E-state index >= 15 is 0 Å². The number of cyclic esters (lactones) is 1. The summed E-state index contributed by atoms with van der Waals surface area (Å²) in [4.78, 5) is 16.2. The van der Waals surface area contributed by atoms with Crippen LogP contribution < -0.4 is 4.74 Å². The molecule has 0 aromatic heterocycles. The van der Waals surface area contributed by atoms with Gasteiger partial charge in [-0.25, -0.2) is 9.79 Å². The van der Waals surface area contributed by atoms with E-state index in [-0.39, 0.29) is 0 Å². The van der Waals surface area contributed by atoms with Crippen LogP contribution in [0.25, 0.3) is 6.08 Å². The Kier molecular flexibility index (Phi) is 4.52. The highest BCUT2D eigenvalue weighted by atomic mass is 16.6. The lowest BCUT2D eigenvalue weighted by Crippen LogP contribution is -2.05. The van der Waals surface area contributed by atoms with Crippen molar-refractivity contribution in [3.63, 3.8) is 0 Å². The first-order valence-corrected chi connectivity index (χ1v) is 7.44. The van der Waals surface area contributed by atoms with Gasteiger partial charge in [0, 0.05) is 6.42 Å². The number of aryl methyl sites for hydroxylation is 1. The van der Waals surface area contributed by atoms with Crippen molar-refractivity contribution in [2.45, 2.75) is 12.8 Å². The van der Waals surface area contributed by atoms with Gasteiger partial charge in [0.15, 0.2) is 11.6 Å². The number of hydrogen-bond donors (Lipinski definition) is 0. The Hall–Kier alpha value is -2.88. The molecular formula is C19H17NO3. The Labute approximate surface area is 135 Å². The topological polar surface area (TPSA) is 47.9 Å². The van der Waals surface area contributed by atoms with Gasteiger partial charge in [-0.15, -0.1) is 0 Å². The molecule has 4 nitrogen and oxygen atoms in total. The van der Waals surface area contributed by atoms with Crippen molar-refractivity contribution in [1.82, 2.24) is 0 Å². The highest BCUT2D eigenvalue weighted by Gasteiger charge is 2.22. The number of benzene rings is 2. The van der Waals surface area contributed by atoms with Gasteiger partial charge < -0.3 is 9.47 Å². The Balaban J connectivity index is 1.65. The third kappa shape index (κ3) is 3.86. The van der Waals surface area contributed by atoms with Crippen molar-refractivity contribution in [3.05, 3.63) is 71.4 Å². The smallest absolute Gasteiger partial charge is 0.363 e. The highest BCUT2D eigenvalue weighted by Crippen LogP contribution is 2.18. The van der Waals surface area contributed by atoms with Gasteiger partial charge in [-0.3, -0.25) is 0 Å². The summed E-state index contributed by atoms with van der Waals surface area (Å²) in [7, 11) is 1.64. The molecule has 3 rings (SSSR count). The fourth-order valence-corrected chi connectivity index (χ4v) is 2.31. The fraction of sp³-hybridized carbons (Fsp3) is 0.158. The van der Waals surface area contributed by atoms with Gasteiger partial charge in [0.25, 0.3) is 0 Å². The predicted octanol–water partition coefficient (Wildman–Crippen LogP) is 3.62. The highest BCUT2D eigenvalue weighted by molar-refractivity contribution is 6.07.